The SMILES string of the molecule is C=C(C)COc1ccccc1C(=O)NCCN1CCNC1=O. The van der Waals surface area contributed by atoms with E-state index in [9.17, 15) is 9.59 Å². The van der Waals surface area contributed by atoms with Crippen LogP contribution in [0.15, 0.2) is 36.4 Å². The Morgan fingerprint density at radius 1 is 1.45 bits per heavy atom. The van der Waals surface area contributed by atoms with Crippen molar-refractivity contribution in [1.82, 2.24) is 15.5 Å². The smallest absolute Gasteiger partial charge is 0.317 e. The van der Waals surface area contributed by atoms with Crippen molar-refractivity contribution in [2.75, 3.05) is 32.8 Å². The minimum absolute atomic E-state index is 0.0839. The van der Waals surface area contributed by atoms with Gasteiger partial charge in [0.1, 0.15) is 12.4 Å². The highest BCUT2D eigenvalue weighted by Gasteiger charge is 2.19. The molecule has 0 aromatic heterocycles. The van der Waals surface area contributed by atoms with Gasteiger partial charge in [0.25, 0.3) is 5.91 Å². The highest BCUT2D eigenvalue weighted by molar-refractivity contribution is 5.96. The molecular formula is C16H21N3O3. The van der Waals surface area contributed by atoms with E-state index in [0.29, 0.717) is 44.1 Å². The maximum Gasteiger partial charge on any atom is 0.317 e. The lowest BCUT2D eigenvalue weighted by Crippen LogP contribution is -2.36. The summed E-state index contributed by atoms with van der Waals surface area (Å²) in [7, 11) is 0. The molecule has 0 radical (unpaired) electrons. The minimum atomic E-state index is -0.211. The van der Waals surface area contributed by atoms with Crippen LogP contribution in [0.25, 0.3) is 0 Å². The number of carbonyl (C=O) groups is 2. The highest BCUT2D eigenvalue weighted by Crippen LogP contribution is 2.18. The molecule has 0 aliphatic carbocycles. The van der Waals surface area contributed by atoms with E-state index >= 15 is 0 Å². The molecule has 1 aromatic rings. The van der Waals surface area contributed by atoms with Crippen LogP contribution in [0.5, 0.6) is 5.75 Å². The van der Waals surface area contributed by atoms with Gasteiger partial charge in [0.2, 0.25) is 0 Å². The molecule has 1 aliphatic rings. The van der Waals surface area contributed by atoms with E-state index in [1.807, 2.05) is 13.0 Å². The minimum Gasteiger partial charge on any atom is -0.488 e. The number of nitrogens with one attached hydrogen (secondary N) is 2. The number of ether oxygens (including phenoxy) is 1. The Bertz CT molecular complexity index is 572. The summed E-state index contributed by atoms with van der Waals surface area (Å²) < 4.78 is 5.58. The Hall–Kier alpha value is -2.50. The van der Waals surface area contributed by atoms with Gasteiger partial charge in [0.05, 0.1) is 5.56 Å². The molecule has 2 rings (SSSR count). The second-order valence-corrected chi connectivity index (χ2v) is 5.22. The first-order valence-electron chi connectivity index (χ1n) is 7.25. The molecule has 22 heavy (non-hydrogen) atoms. The summed E-state index contributed by atoms with van der Waals surface area (Å²) in [5, 5.41) is 5.53. The van der Waals surface area contributed by atoms with E-state index in [1.165, 1.54) is 0 Å². The molecule has 1 aromatic carbocycles. The van der Waals surface area contributed by atoms with Gasteiger partial charge in [-0.3, -0.25) is 4.79 Å². The molecule has 0 spiro atoms. The van der Waals surface area contributed by atoms with Gasteiger partial charge in [-0.25, -0.2) is 4.79 Å². The van der Waals surface area contributed by atoms with Crippen LogP contribution in [0.1, 0.15) is 17.3 Å². The Labute approximate surface area is 130 Å². The lowest BCUT2D eigenvalue weighted by atomic mass is 10.2. The van der Waals surface area contributed by atoms with Crippen molar-refractivity contribution >= 4 is 11.9 Å². The molecule has 6 heteroatoms. The van der Waals surface area contributed by atoms with Crippen LogP contribution in [-0.2, 0) is 0 Å². The maximum atomic E-state index is 12.2. The van der Waals surface area contributed by atoms with Crippen molar-refractivity contribution in [3.63, 3.8) is 0 Å². The van der Waals surface area contributed by atoms with Gasteiger partial charge in [0, 0.05) is 26.2 Å². The molecule has 0 unspecified atom stereocenters. The molecule has 0 bridgehead atoms. The monoisotopic (exact) mass is 303 g/mol. The molecule has 0 saturated carbocycles. The lowest BCUT2D eigenvalue weighted by Gasteiger charge is -2.15. The number of urea groups is 1. The van der Waals surface area contributed by atoms with E-state index < -0.39 is 0 Å². The standard InChI is InChI=1S/C16H21N3O3/c1-12(2)11-22-14-6-4-3-5-13(14)15(20)17-7-9-19-10-8-18-16(19)21/h3-6H,1,7-11H2,2H3,(H,17,20)(H,18,21). The fourth-order valence-corrected chi connectivity index (χ4v) is 2.11. The number of benzene rings is 1. The second-order valence-electron chi connectivity index (χ2n) is 5.22. The van der Waals surface area contributed by atoms with E-state index in [-0.39, 0.29) is 11.9 Å². The first-order valence-corrected chi connectivity index (χ1v) is 7.25. The van der Waals surface area contributed by atoms with Gasteiger partial charge >= 0.3 is 6.03 Å². The number of para-hydroxylation sites is 1. The molecule has 118 valence electrons. The molecule has 2 N–H and O–H groups in total. The normalized spacial score (nSPS) is 13.7. The van der Waals surface area contributed by atoms with Crippen LogP contribution in [0.3, 0.4) is 0 Å². The van der Waals surface area contributed by atoms with Gasteiger partial charge < -0.3 is 20.3 Å². The van der Waals surface area contributed by atoms with E-state index in [1.54, 1.807) is 23.1 Å². The predicted octanol–water partition coefficient (Wildman–Crippen LogP) is 1.40. The van der Waals surface area contributed by atoms with E-state index in [0.717, 1.165) is 5.57 Å². The molecule has 6 nitrogen and oxygen atoms in total. The summed E-state index contributed by atoms with van der Waals surface area (Å²) in [4.78, 5) is 25.3. The number of amides is 3. The fraction of sp³-hybridized carbons (Fsp3) is 0.375. The largest absolute Gasteiger partial charge is 0.488 e. The van der Waals surface area contributed by atoms with Gasteiger partial charge in [-0.2, -0.15) is 0 Å². The summed E-state index contributed by atoms with van der Waals surface area (Å²) >= 11 is 0. The quantitative estimate of drug-likeness (QED) is 0.748. The number of hydrogen-bond donors (Lipinski definition) is 2. The Kier molecular flexibility index (Phi) is 5.41. The van der Waals surface area contributed by atoms with Gasteiger partial charge in [0.15, 0.2) is 0 Å². The molecule has 1 aliphatic heterocycles. The van der Waals surface area contributed by atoms with E-state index in [4.69, 9.17) is 4.74 Å². The van der Waals surface area contributed by atoms with Crippen LogP contribution in [0.2, 0.25) is 0 Å². The Morgan fingerprint density at radius 2 is 2.23 bits per heavy atom. The molecular weight excluding hydrogens is 282 g/mol. The van der Waals surface area contributed by atoms with Crippen LogP contribution in [0, 0.1) is 0 Å². The second kappa shape index (κ2) is 7.49. The van der Waals surface area contributed by atoms with Crippen LogP contribution in [0.4, 0.5) is 4.79 Å². The van der Waals surface area contributed by atoms with Crippen molar-refractivity contribution in [3.8, 4) is 5.75 Å². The third-order valence-corrected chi connectivity index (χ3v) is 3.22. The van der Waals surface area contributed by atoms with Crippen molar-refractivity contribution in [3.05, 3.63) is 42.0 Å². The average Bonchev–Trinajstić information content (AvgIpc) is 2.90. The van der Waals surface area contributed by atoms with Crippen LogP contribution >= 0.6 is 0 Å². The predicted molar refractivity (Wildman–Crippen MR) is 84.1 cm³/mol. The van der Waals surface area contributed by atoms with Gasteiger partial charge in [-0.05, 0) is 24.6 Å². The summed E-state index contributed by atoms with van der Waals surface area (Å²) in [6, 6.07) is 6.99. The number of rotatable bonds is 7. The van der Waals surface area contributed by atoms with Crippen molar-refractivity contribution in [2.24, 2.45) is 0 Å². The average molecular weight is 303 g/mol. The highest BCUT2D eigenvalue weighted by atomic mass is 16.5. The summed E-state index contributed by atoms with van der Waals surface area (Å²) in [5.41, 5.74) is 1.37. The molecule has 1 fully saturated rings. The van der Waals surface area contributed by atoms with Gasteiger partial charge in [-0.15, -0.1) is 0 Å². The molecule has 1 heterocycles. The first kappa shape index (κ1) is 15.9. The fourth-order valence-electron chi connectivity index (χ4n) is 2.11. The summed E-state index contributed by atoms with van der Waals surface area (Å²) in [5.74, 6) is 0.318. The summed E-state index contributed by atoms with van der Waals surface area (Å²) in [6.45, 7) is 8.24. The van der Waals surface area contributed by atoms with Gasteiger partial charge in [-0.1, -0.05) is 18.7 Å². The lowest BCUT2D eigenvalue weighted by molar-refractivity contribution is 0.0946. The third kappa shape index (κ3) is 4.25. The van der Waals surface area contributed by atoms with Crippen LogP contribution in [-0.4, -0.2) is 49.6 Å². The van der Waals surface area contributed by atoms with Crippen molar-refractivity contribution in [1.29, 1.82) is 0 Å². The maximum absolute atomic E-state index is 12.2. The zero-order valence-corrected chi connectivity index (χ0v) is 12.7. The number of carbonyl (C=O) groups excluding carboxylic acids is 2. The summed E-state index contributed by atoms with van der Waals surface area (Å²) in [6.07, 6.45) is 0. The van der Waals surface area contributed by atoms with Crippen molar-refractivity contribution < 1.29 is 14.3 Å². The third-order valence-electron chi connectivity index (χ3n) is 3.22. The zero-order chi connectivity index (χ0) is 15.9. The zero-order valence-electron chi connectivity index (χ0n) is 12.7. The Balaban J connectivity index is 1.88. The number of hydrogen-bond acceptors (Lipinski definition) is 3. The molecule has 1 saturated heterocycles. The van der Waals surface area contributed by atoms with Crippen molar-refractivity contribution in [2.45, 2.75) is 6.92 Å². The molecule has 3 amide bonds. The number of nitrogens with zero attached hydrogens (tertiary/aromatic N) is 1. The first-order chi connectivity index (χ1) is 10.6. The Morgan fingerprint density at radius 3 is 2.91 bits per heavy atom. The van der Waals surface area contributed by atoms with Crippen LogP contribution < -0.4 is 15.4 Å². The van der Waals surface area contributed by atoms with E-state index in [2.05, 4.69) is 17.2 Å². The molecule has 0 atom stereocenters. The topological polar surface area (TPSA) is 70.7 Å².